The zero-order valence-corrected chi connectivity index (χ0v) is 10.5. The molecule has 1 saturated heterocycles. The molecule has 0 radical (unpaired) electrons. The van der Waals surface area contributed by atoms with Gasteiger partial charge in [0, 0.05) is 19.1 Å². The minimum Gasteiger partial charge on any atom is -0.316 e. The van der Waals surface area contributed by atoms with Crippen LogP contribution in [-0.2, 0) is 0 Å². The first-order valence-corrected chi connectivity index (χ1v) is 6.25. The third-order valence-electron chi connectivity index (χ3n) is 3.42. The molecular formula is C12H24N4. The van der Waals surface area contributed by atoms with Crippen LogP contribution in [-0.4, -0.2) is 55.1 Å². The molecule has 92 valence electrons. The van der Waals surface area contributed by atoms with E-state index in [9.17, 15) is 0 Å². The summed E-state index contributed by atoms with van der Waals surface area (Å²) in [5.41, 5.74) is 5.58. The molecule has 16 heavy (non-hydrogen) atoms. The molecule has 0 amide bonds. The maximum absolute atomic E-state index is 8.61. The number of nitrogens with two attached hydrogens (primary N) is 1. The van der Waals surface area contributed by atoms with Crippen molar-refractivity contribution in [3.8, 4) is 6.07 Å². The van der Waals surface area contributed by atoms with Crippen molar-refractivity contribution in [2.45, 2.75) is 38.3 Å². The Hall–Kier alpha value is -0.630. The van der Waals surface area contributed by atoms with Gasteiger partial charge >= 0.3 is 0 Å². The Kier molecular flexibility index (Phi) is 5.75. The summed E-state index contributed by atoms with van der Waals surface area (Å²) < 4.78 is 0. The molecule has 0 aliphatic carbocycles. The summed E-state index contributed by atoms with van der Waals surface area (Å²) in [5.74, 6) is 0. The zero-order valence-electron chi connectivity index (χ0n) is 10.5. The van der Waals surface area contributed by atoms with Crippen LogP contribution in [0.4, 0.5) is 0 Å². The highest BCUT2D eigenvalue weighted by molar-refractivity contribution is 4.87. The van der Waals surface area contributed by atoms with Crippen molar-refractivity contribution in [1.82, 2.24) is 9.80 Å². The number of nitriles is 1. The van der Waals surface area contributed by atoms with Crippen LogP contribution < -0.4 is 5.73 Å². The molecule has 1 rings (SSSR count). The van der Waals surface area contributed by atoms with Crippen molar-refractivity contribution < 1.29 is 0 Å². The van der Waals surface area contributed by atoms with Gasteiger partial charge in [0.1, 0.15) is 0 Å². The Bertz CT molecular complexity index is 236. The first kappa shape index (κ1) is 13.4. The van der Waals surface area contributed by atoms with Crippen molar-refractivity contribution in [2.75, 3.05) is 33.2 Å². The summed E-state index contributed by atoms with van der Waals surface area (Å²) in [6.45, 7) is 6.64. The van der Waals surface area contributed by atoms with E-state index in [1.807, 2.05) is 0 Å². The van der Waals surface area contributed by atoms with E-state index in [0.717, 1.165) is 26.1 Å². The smallest absolute Gasteiger partial charge is 0.0940 e. The van der Waals surface area contributed by atoms with Crippen LogP contribution >= 0.6 is 0 Å². The molecule has 0 saturated carbocycles. The number of rotatable bonds is 6. The Labute approximate surface area is 99.0 Å². The predicted octanol–water partition coefficient (Wildman–Crippen LogP) is 0.643. The van der Waals surface area contributed by atoms with E-state index in [-0.39, 0.29) is 6.04 Å². The van der Waals surface area contributed by atoms with Gasteiger partial charge < -0.3 is 10.6 Å². The van der Waals surface area contributed by atoms with E-state index < -0.39 is 0 Å². The van der Waals surface area contributed by atoms with Gasteiger partial charge in [-0.2, -0.15) is 5.26 Å². The fraction of sp³-hybridized carbons (Fsp3) is 0.917. The lowest BCUT2D eigenvalue weighted by Crippen LogP contribution is -2.39. The van der Waals surface area contributed by atoms with Gasteiger partial charge in [-0.25, -0.2) is 0 Å². The van der Waals surface area contributed by atoms with Crippen LogP contribution in [0.2, 0.25) is 0 Å². The van der Waals surface area contributed by atoms with E-state index >= 15 is 0 Å². The van der Waals surface area contributed by atoms with Gasteiger partial charge in [-0.3, -0.25) is 4.90 Å². The summed E-state index contributed by atoms with van der Waals surface area (Å²) in [6.07, 6.45) is 3.40. The number of hydrogen-bond donors (Lipinski definition) is 1. The molecule has 2 N–H and O–H groups in total. The number of likely N-dealkylation sites (N-methyl/N-ethyl adjacent to an activating group) is 2. The average molecular weight is 224 g/mol. The normalized spacial score (nSPS) is 23.6. The Morgan fingerprint density at radius 2 is 2.38 bits per heavy atom. The van der Waals surface area contributed by atoms with Gasteiger partial charge in [-0.05, 0) is 39.4 Å². The largest absolute Gasteiger partial charge is 0.316 e. The van der Waals surface area contributed by atoms with Crippen molar-refractivity contribution in [2.24, 2.45) is 5.73 Å². The van der Waals surface area contributed by atoms with Crippen LogP contribution in [0.15, 0.2) is 0 Å². The maximum atomic E-state index is 8.61. The molecule has 1 heterocycles. The van der Waals surface area contributed by atoms with E-state index in [0.29, 0.717) is 6.04 Å². The van der Waals surface area contributed by atoms with Crippen molar-refractivity contribution >= 4 is 0 Å². The van der Waals surface area contributed by atoms with Gasteiger partial charge in [-0.1, -0.05) is 6.92 Å². The summed E-state index contributed by atoms with van der Waals surface area (Å²) in [4.78, 5) is 4.84. The average Bonchev–Trinajstić information content (AvgIpc) is 2.73. The fourth-order valence-corrected chi connectivity index (χ4v) is 2.39. The van der Waals surface area contributed by atoms with E-state index in [4.69, 9.17) is 11.0 Å². The van der Waals surface area contributed by atoms with Gasteiger partial charge in [0.15, 0.2) is 0 Å². The highest BCUT2D eigenvalue weighted by Crippen LogP contribution is 2.17. The first-order chi connectivity index (χ1) is 7.67. The molecule has 1 fully saturated rings. The lowest BCUT2D eigenvalue weighted by molar-refractivity contribution is 0.197. The monoisotopic (exact) mass is 224 g/mol. The van der Waals surface area contributed by atoms with E-state index in [1.54, 1.807) is 0 Å². The van der Waals surface area contributed by atoms with Crippen LogP contribution in [0, 0.1) is 11.3 Å². The highest BCUT2D eigenvalue weighted by atomic mass is 15.2. The van der Waals surface area contributed by atoms with Crippen molar-refractivity contribution in [3.63, 3.8) is 0 Å². The van der Waals surface area contributed by atoms with Crippen molar-refractivity contribution in [1.29, 1.82) is 5.26 Å². The van der Waals surface area contributed by atoms with Crippen LogP contribution in [0.3, 0.4) is 0 Å². The molecule has 4 heteroatoms. The quantitative estimate of drug-likeness (QED) is 0.719. The third kappa shape index (κ3) is 4.09. The van der Waals surface area contributed by atoms with Gasteiger partial charge in [0.05, 0.1) is 12.1 Å². The van der Waals surface area contributed by atoms with Crippen molar-refractivity contribution in [3.05, 3.63) is 0 Å². The molecule has 2 atom stereocenters. The number of likely N-dealkylation sites (tertiary alicyclic amines) is 1. The second kappa shape index (κ2) is 6.85. The zero-order chi connectivity index (χ0) is 12.0. The molecule has 1 aliphatic rings. The van der Waals surface area contributed by atoms with E-state index in [1.165, 1.54) is 19.4 Å². The third-order valence-corrected chi connectivity index (χ3v) is 3.42. The SMILES string of the molecule is CCN1CCCC1CN(C)CCC(N)C#N. The molecule has 1 aliphatic heterocycles. The Balaban J connectivity index is 2.23. The first-order valence-electron chi connectivity index (χ1n) is 6.25. The minimum atomic E-state index is -0.312. The fourth-order valence-electron chi connectivity index (χ4n) is 2.39. The molecular weight excluding hydrogens is 200 g/mol. The number of hydrogen-bond acceptors (Lipinski definition) is 4. The molecule has 0 spiro atoms. The van der Waals surface area contributed by atoms with Crippen LogP contribution in [0.1, 0.15) is 26.2 Å². The van der Waals surface area contributed by atoms with Gasteiger partial charge in [0.2, 0.25) is 0 Å². The standard InChI is InChI=1S/C12H24N4/c1-3-16-7-4-5-12(16)10-15(2)8-6-11(14)9-13/h11-12H,3-8,10,14H2,1-2H3. The molecule has 2 unspecified atom stereocenters. The molecule has 0 aromatic rings. The second-order valence-electron chi connectivity index (χ2n) is 4.71. The molecule has 0 bridgehead atoms. The summed E-state index contributed by atoms with van der Waals surface area (Å²) in [5, 5.41) is 8.61. The van der Waals surface area contributed by atoms with E-state index in [2.05, 4.69) is 29.8 Å². The summed E-state index contributed by atoms with van der Waals surface area (Å²) in [7, 11) is 2.12. The van der Waals surface area contributed by atoms with Crippen LogP contribution in [0.25, 0.3) is 0 Å². The Morgan fingerprint density at radius 3 is 3.00 bits per heavy atom. The minimum absolute atomic E-state index is 0.312. The second-order valence-corrected chi connectivity index (χ2v) is 4.71. The van der Waals surface area contributed by atoms with Crippen LogP contribution in [0.5, 0.6) is 0 Å². The van der Waals surface area contributed by atoms with Gasteiger partial charge in [-0.15, -0.1) is 0 Å². The highest BCUT2D eigenvalue weighted by Gasteiger charge is 2.23. The summed E-state index contributed by atoms with van der Waals surface area (Å²) >= 11 is 0. The molecule has 0 aromatic heterocycles. The Morgan fingerprint density at radius 1 is 1.62 bits per heavy atom. The maximum Gasteiger partial charge on any atom is 0.0940 e. The molecule has 4 nitrogen and oxygen atoms in total. The lowest BCUT2D eigenvalue weighted by atomic mass is 10.2. The lowest BCUT2D eigenvalue weighted by Gasteiger charge is -2.27. The molecule has 0 aromatic carbocycles. The number of nitrogens with zero attached hydrogens (tertiary/aromatic N) is 3. The summed E-state index contributed by atoms with van der Waals surface area (Å²) in [6, 6.07) is 2.46. The van der Waals surface area contributed by atoms with Gasteiger partial charge in [0.25, 0.3) is 0 Å². The predicted molar refractivity (Wildman–Crippen MR) is 66.0 cm³/mol. The topological polar surface area (TPSA) is 56.3 Å².